The normalized spacial score (nSPS) is 22.3. The van der Waals surface area contributed by atoms with E-state index in [0.717, 1.165) is 12.4 Å². The zero-order valence-electron chi connectivity index (χ0n) is 15.0. The van der Waals surface area contributed by atoms with Gasteiger partial charge in [-0.15, -0.1) is 10.2 Å². The van der Waals surface area contributed by atoms with Crippen LogP contribution in [-0.4, -0.2) is 57.3 Å². The molecule has 2 saturated heterocycles. The van der Waals surface area contributed by atoms with Crippen molar-refractivity contribution in [1.82, 2.24) is 24.6 Å². The zero-order valence-corrected chi connectivity index (χ0v) is 15.0. The van der Waals surface area contributed by atoms with Gasteiger partial charge in [0.1, 0.15) is 11.6 Å². The Labute approximate surface area is 141 Å². The largest absolute Gasteiger partial charge is 0.317 e. The summed E-state index contributed by atoms with van der Waals surface area (Å²) in [7, 11) is 2.17. The van der Waals surface area contributed by atoms with E-state index in [2.05, 4.69) is 38.5 Å². The fraction of sp³-hybridized carbons (Fsp3) is 0.889. The van der Waals surface area contributed by atoms with Crippen LogP contribution in [0.5, 0.6) is 0 Å². The quantitative estimate of drug-likeness (QED) is 0.836. The molecule has 23 heavy (non-hydrogen) atoms. The maximum absolute atomic E-state index is 4.57. The fourth-order valence-electron chi connectivity index (χ4n) is 4.09. The van der Waals surface area contributed by atoms with Crippen molar-refractivity contribution >= 4 is 0 Å². The van der Waals surface area contributed by atoms with Crippen LogP contribution in [0.15, 0.2) is 0 Å². The molecule has 1 aromatic heterocycles. The summed E-state index contributed by atoms with van der Waals surface area (Å²) >= 11 is 0. The highest BCUT2D eigenvalue weighted by Gasteiger charge is 2.25. The topological polar surface area (TPSA) is 37.2 Å². The Kier molecular flexibility index (Phi) is 6.06. The molecule has 130 valence electrons. The minimum absolute atomic E-state index is 0.596. The summed E-state index contributed by atoms with van der Waals surface area (Å²) in [6.45, 7) is 9.35. The van der Waals surface area contributed by atoms with E-state index in [-0.39, 0.29) is 0 Å². The average molecular weight is 319 g/mol. The Morgan fingerprint density at radius 2 is 1.61 bits per heavy atom. The minimum atomic E-state index is 0.596. The third-order valence-electron chi connectivity index (χ3n) is 5.55. The monoisotopic (exact) mass is 319 g/mol. The molecule has 3 rings (SSSR count). The first kappa shape index (κ1) is 16.9. The van der Waals surface area contributed by atoms with Gasteiger partial charge in [0.25, 0.3) is 0 Å². The van der Waals surface area contributed by atoms with Crippen molar-refractivity contribution in [2.24, 2.45) is 7.05 Å². The van der Waals surface area contributed by atoms with Crippen LogP contribution in [0.4, 0.5) is 0 Å². The minimum Gasteiger partial charge on any atom is -0.317 e. The first-order valence-corrected chi connectivity index (χ1v) is 9.60. The van der Waals surface area contributed by atoms with Crippen molar-refractivity contribution in [2.75, 3.05) is 32.7 Å². The molecule has 0 spiro atoms. The molecular weight excluding hydrogens is 286 g/mol. The van der Waals surface area contributed by atoms with E-state index in [4.69, 9.17) is 0 Å². The Morgan fingerprint density at radius 3 is 2.26 bits per heavy atom. The van der Waals surface area contributed by atoms with E-state index in [9.17, 15) is 0 Å². The Hall–Kier alpha value is -0.940. The molecule has 1 aromatic rings. The third-order valence-corrected chi connectivity index (χ3v) is 5.55. The number of nitrogens with zero attached hydrogens (tertiary/aromatic N) is 5. The molecule has 3 heterocycles. The van der Waals surface area contributed by atoms with Crippen molar-refractivity contribution in [3.8, 4) is 0 Å². The average Bonchev–Trinajstić information content (AvgIpc) is 2.77. The summed E-state index contributed by atoms with van der Waals surface area (Å²) in [6.07, 6.45) is 9.16. The van der Waals surface area contributed by atoms with Crippen LogP contribution in [0.2, 0.25) is 0 Å². The number of likely N-dealkylation sites (tertiary alicyclic amines) is 2. The van der Waals surface area contributed by atoms with Gasteiger partial charge in [-0.25, -0.2) is 0 Å². The van der Waals surface area contributed by atoms with Crippen molar-refractivity contribution in [2.45, 2.75) is 64.3 Å². The molecule has 2 aliphatic heterocycles. The van der Waals surface area contributed by atoms with Crippen LogP contribution < -0.4 is 0 Å². The van der Waals surface area contributed by atoms with E-state index in [1.807, 2.05) is 0 Å². The summed E-state index contributed by atoms with van der Waals surface area (Å²) in [5.74, 6) is 2.96. The number of hydrogen-bond acceptors (Lipinski definition) is 4. The van der Waals surface area contributed by atoms with Gasteiger partial charge in [-0.2, -0.15) is 0 Å². The third kappa shape index (κ3) is 4.32. The lowest BCUT2D eigenvalue weighted by molar-refractivity contribution is 0.208. The first-order chi connectivity index (χ1) is 11.3. The molecule has 0 bridgehead atoms. The molecule has 2 fully saturated rings. The van der Waals surface area contributed by atoms with Gasteiger partial charge >= 0.3 is 0 Å². The smallest absolute Gasteiger partial charge is 0.146 e. The fourth-order valence-corrected chi connectivity index (χ4v) is 4.09. The Bertz CT molecular complexity index is 468. The van der Waals surface area contributed by atoms with Crippen LogP contribution in [0.1, 0.15) is 69.4 Å². The standard InChI is InChI=1S/C18H33N5/c1-3-10-22-13-8-16(9-14-22)18-20-19-17(21(18)2)15-23-11-6-4-5-7-12-23/h16H,3-15H2,1-2H3. The van der Waals surface area contributed by atoms with Crippen molar-refractivity contribution in [1.29, 1.82) is 0 Å². The first-order valence-electron chi connectivity index (χ1n) is 9.60. The number of hydrogen-bond donors (Lipinski definition) is 0. The van der Waals surface area contributed by atoms with Crippen molar-refractivity contribution in [3.63, 3.8) is 0 Å². The van der Waals surface area contributed by atoms with Gasteiger partial charge in [0.05, 0.1) is 6.54 Å². The van der Waals surface area contributed by atoms with Gasteiger partial charge in [-0.05, 0) is 64.8 Å². The Balaban J connectivity index is 1.58. The molecule has 0 unspecified atom stereocenters. The van der Waals surface area contributed by atoms with Gasteiger partial charge in [0, 0.05) is 13.0 Å². The van der Waals surface area contributed by atoms with Crippen LogP contribution in [0.25, 0.3) is 0 Å². The zero-order chi connectivity index (χ0) is 16.1. The lowest BCUT2D eigenvalue weighted by Crippen LogP contribution is -2.34. The van der Waals surface area contributed by atoms with Crippen LogP contribution in [0, 0.1) is 0 Å². The summed E-state index contributed by atoms with van der Waals surface area (Å²) in [4.78, 5) is 5.15. The molecule has 5 nitrogen and oxygen atoms in total. The van der Waals surface area contributed by atoms with Crippen LogP contribution in [0.3, 0.4) is 0 Å². The van der Waals surface area contributed by atoms with Crippen LogP contribution >= 0.6 is 0 Å². The number of aromatic nitrogens is 3. The molecule has 0 atom stereocenters. The summed E-state index contributed by atoms with van der Waals surface area (Å²) in [5, 5.41) is 9.10. The van der Waals surface area contributed by atoms with Crippen molar-refractivity contribution < 1.29 is 0 Å². The highest BCUT2D eigenvalue weighted by molar-refractivity contribution is 5.03. The predicted molar refractivity (Wildman–Crippen MR) is 93.5 cm³/mol. The molecule has 0 amide bonds. The number of rotatable bonds is 5. The predicted octanol–water partition coefficient (Wildman–Crippen LogP) is 2.78. The summed E-state index contributed by atoms with van der Waals surface area (Å²) < 4.78 is 2.28. The van der Waals surface area contributed by atoms with Gasteiger partial charge in [-0.3, -0.25) is 4.90 Å². The van der Waals surface area contributed by atoms with Gasteiger partial charge in [0.15, 0.2) is 0 Å². The van der Waals surface area contributed by atoms with Crippen LogP contribution in [-0.2, 0) is 13.6 Å². The Morgan fingerprint density at radius 1 is 0.913 bits per heavy atom. The maximum Gasteiger partial charge on any atom is 0.146 e. The van der Waals surface area contributed by atoms with E-state index in [0.29, 0.717) is 5.92 Å². The van der Waals surface area contributed by atoms with E-state index in [1.165, 1.54) is 83.5 Å². The molecule has 5 heteroatoms. The molecule has 0 radical (unpaired) electrons. The van der Waals surface area contributed by atoms with Gasteiger partial charge in [-0.1, -0.05) is 19.8 Å². The molecule has 2 aliphatic rings. The lowest BCUT2D eigenvalue weighted by Gasteiger charge is -2.31. The second kappa shape index (κ2) is 8.25. The SMILES string of the molecule is CCCN1CCC(c2nnc(CN3CCCCCC3)n2C)CC1. The summed E-state index contributed by atoms with van der Waals surface area (Å²) in [6, 6.07) is 0. The lowest BCUT2D eigenvalue weighted by atomic mass is 9.96. The molecule has 0 aliphatic carbocycles. The maximum atomic E-state index is 4.57. The molecular formula is C18H33N5. The second-order valence-electron chi connectivity index (χ2n) is 7.34. The van der Waals surface area contributed by atoms with E-state index >= 15 is 0 Å². The van der Waals surface area contributed by atoms with E-state index in [1.54, 1.807) is 0 Å². The highest BCUT2D eigenvalue weighted by atomic mass is 15.3. The molecule has 0 aromatic carbocycles. The molecule has 0 N–H and O–H groups in total. The molecule has 0 saturated carbocycles. The second-order valence-corrected chi connectivity index (χ2v) is 7.34. The summed E-state index contributed by atoms with van der Waals surface area (Å²) in [5.41, 5.74) is 0. The van der Waals surface area contributed by atoms with Gasteiger partial charge in [0.2, 0.25) is 0 Å². The number of piperidine rings is 1. The highest BCUT2D eigenvalue weighted by Crippen LogP contribution is 2.27. The van der Waals surface area contributed by atoms with Crippen molar-refractivity contribution in [3.05, 3.63) is 11.6 Å². The van der Waals surface area contributed by atoms with E-state index < -0.39 is 0 Å². The van der Waals surface area contributed by atoms with Gasteiger partial charge < -0.3 is 9.47 Å².